The molecule has 2 heterocycles. The second-order valence-electron chi connectivity index (χ2n) is 2.34. The first-order valence-electron chi connectivity index (χ1n) is 3.39. The van der Waals surface area contributed by atoms with E-state index in [1.807, 2.05) is 18.2 Å². The molecule has 0 aliphatic carbocycles. The molecule has 2 nitrogen and oxygen atoms in total. The van der Waals surface area contributed by atoms with Gasteiger partial charge in [0.25, 0.3) is 0 Å². The molecule has 0 unspecified atom stereocenters. The lowest BCUT2D eigenvalue weighted by atomic mass is 10.4. The number of fused-ring (bicyclic) bond motifs is 1. The summed E-state index contributed by atoms with van der Waals surface area (Å²) < 4.78 is 13.7. The Morgan fingerprint density at radius 2 is 2.36 bits per heavy atom. The van der Waals surface area contributed by atoms with Crippen molar-refractivity contribution in [2.24, 2.45) is 0 Å². The van der Waals surface area contributed by atoms with Gasteiger partial charge in [-0.15, -0.1) is 0 Å². The van der Waals surface area contributed by atoms with E-state index in [-0.39, 0.29) is 0 Å². The Labute approximate surface area is 63.3 Å². The first-order valence-corrected chi connectivity index (χ1v) is 3.39. The zero-order valence-electron chi connectivity index (χ0n) is 5.87. The van der Waals surface area contributed by atoms with Crippen molar-refractivity contribution < 1.29 is 4.39 Å². The number of hydrogen-bond acceptors (Lipinski definition) is 1. The maximum absolute atomic E-state index is 12.1. The van der Waals surface area contributed by atoms with Crippen molar-refractivity contribution in [1.29, 1.82) is 0 Å². The van der Waals surface area contributed by atoms with Crippen LogP contribution in [0.25, 0.3) is 5.52 Å². The van der Waals surface area contributed by atoms with Gasteiger partial charge in [0.2, 0.25) is 0 Å². The SMILES string of the molecule is FCc1cc2ccccn2n1. The highest BCUT2D eigenvalue weighted by atomic mass is 19.1. The molecule has 0 spiro atoms. The minimum atomic E-state index is -0.498. The Bertz CT molecular complexity index is 334. The van der Waals surface area contributed by atoms with Crippen LogP contribution in [0, 0.1) is 0 Å². The van der Waals surface area contributed by atoms with Crippen LogP contribution in [0.3, 0.4) is 0 Å². The Morgan fingerprint density at radius 1 is 1.45 bits per heavy atom. The summed E-state index contributed by atoms with van der Waals surface area (Å²) in [7, 11) is 0. The van der Waals surface area contributed by atoms with Crippen molar-refractivity contribution in [3.05, 3.63) is 36.2 Å². The van der Waals surface area contributed by atoms with Gasteiger partial charge in [-0.25, -0.2) is 8.91 Å². The van der Waals surface area contributed by atoms with Gasteiger partial charge in [0.1, 0.15) is 6.67 Å². The lowest BCUT2D eigenvalue weighted by Gasteiger charge is -1.87. The smallest absolute Gasteiger partial charge is 0.133 e. The summed E-state index contributed by atoms with van der Waals surface area (Å²) in [4.78, 5) is 0. The summed E-state index contributed by atoms with van der Waals surface area (Å²) in [5.74, 6) is 0. The summed E-state index contributed by atoms with van der Waals surface area (Å²) in [5.41, 5.74) is 1.41. The number of alkyl halides is 1. The normalized spacial score (nSPS) is 10.6. The molecule has 0 bridgehead atoms. The van der Waals surface area contributed by atoms with Crippen molar-refractivity contribution in [1.82, 2.24) is 9.61 Å². The van der Waals surface area contributed by atoms with Gasteiger partial charge in [-0.1, -0.05) is 6.07 Å². The largest absolute Gasteiger partial charge is 0.244 e. The van der Waals surface area contributed by atoms with Crippen LogP contribution in [0.2, 0.25) is 0 Å². The Hall–Kier alpha value is -1.38. The number of halogens is 1. The van der Waals surface area contributed by atoms with Gasteiger partial charge in [-0.2, -0.15) is 5.10 Å². The first kappa shape index (κ1) is 6.34. The fraction of sp³-hybridized carbons (Fsp3) is 0.125. The molecule has 11 heavy (non-hydrogen) atoms. The van der Waals surface area contributed by atoms with Gasteiger partial charge in [-0.05, 0) is 18.2 Å². The summed E-state index contributed by atoms with van der Waals surface area (Å²) in [6, 6.07) is 7.40. The van der Waals surface area contributed by atoms with Crippen LogP contribution < -0.4 is 0 Å². The van der Waals surface area contributed by atoms with Gasteiger partial charge in [-0.3, -0.25) is 0 Å². The van der Waals surface area contributed by atoms with Gasteiger partial charge in [0.15, 0.2) is 0 Å². The lowest BCUT2D eigenvalue weighted by Crippen LogP contribution is -1.85. The molecule has 56 valence electrons. The van der Waals surface area contributed by atoms with Crippen LogP contribution in [0.1, 0.15) is 5.69 Å². The molecule has 2 aromatic heterocycles. The van der Waals surface area contributed by atoms with E-state index in [9.17, 15) is 4.39 Å². The molecular formula is C8H7FN2. The van der Waals surface area contributed by atoms with E-state index in [1.165, 1.54) is 0 Å². The minimum Gasteiger partial charge on any atom is -0.244 e. The predicted octanol–water partition coefficient (Wildman–Crippen LogP) is 1.80. The molecule has 0 saturated carbocycles. The lowest BCUT2D eigenvalue weighted by molar-refractivity contribution is 0.474. The minimum absolute atomic E-state index is 0.483. The molecule has 2 rings (SSSR count). The zero-order chi connectivity index (χ0) is 7.68. The third-order valence-corrected chi connectivity index (χ3v) is 1.56. The van der Waals surface area contributed by atoms with Gasteiger partial charge >= 0.3 is 0 Å². The van der Waals surface area contributed by atoms with E-state index < -0.39 is 6.67 Å². The number of nitrogens with zero attached hydrogens (tertiary/aromatic N) is 2. The van der Waals surface area contributed by atoms with Crippen LogP contribution in [0.15, 0.2) is 30.5 Å². The summed E-state index contributed by atoms with van der Waals surface area (Å²) in [5, 5.41) is 3.97. The van der Waals surface area contributed by atoms with Crippen molar-refractivity contribution in [3.8, 4) is 0 Å². The van der Waals surface area contributed by atoms with Crippen LogP contribution >= 0.6 is 0 Å². The molecule has 0 aromatic carbocycles. The fourth-order valence-electron chi connectivity index (χ4n) is 1.06. The molecule has 3 heteroatoms. The van der Waals surface area contributed by atoms with Crippen molar-refractivity contribution in [3.63, 3.8) is 0 Å². The Balaban J connectivity index is 2.69. The average molecular weight is 150 g/mol. The quantitative estimate of drug-likeness (QED) is 0.606. The number of aromatic nitrogens is 2. The molecule has 0 radical (unpaired) electrons. The zero-order valence-corrected chi connectivity index (χ0v) is 5.87. The third-order valence-electron chi connectivity index (χ3n) is 1.56. The van der Waals surface area contributed by atoms with E-state index >= 15 is 0 Å². The second kappa shape index (κ2) is 2.34. The summed E-state index contributed by atoms with van der Waals surface area (Å²) in [6.07, 6.45) is 1.80. The van der Waals surface area contributed by atoms with Gasteiger partial charge < -0.3 is 0 Å². The van der Waals surface area contributed by atoms with Crippen LogP contribution in [-0.4, -0.2) is 9.61 Å². The van der Waals surface area contributed by atoms with Gasteiger partial charge in [0.05, 0.1) is 11.2 Å². The van der Waals surface area contributed by atoms with Crippen LogP contribution in [0.5, 0.6) is 0 Å². The Morgan fingerprint density at radius 3 is 3.09 bits per heavy atom. The molecule has 0 aliphatic rings. The number of rotatable bonds is 1. The van der Waals surface area contributed by atoms with Crippen molar-refractivity contribution >= 4 is 5.52 Å². The molecule has 0 amide bonds. The first-order chi connectivity index (χ1) is 5.40. The molecule has 0 fully saturated rings. The second-order valence-corrected chi connectivity index (χ2v) is 2.34. The Kier molecular flexibility index (Phi) is 1.35. The van der Waals surface area contributed by atoms with Crippen molar-refractivity contribution in [2.45, 2.75) is 6.67 Å². The van der Waals surface area contributed by atoms with E-state index in [0.29, 0.717) is 5.69 Å². The number of pyridine rings is 1. The maximum Gasteiger partial charge on any atom is 0.133 e. The standard InChI is InChI=1S/C8H7FN2/c9-6-7-5-8-3-1-2-4-11(8)10-7/h1-5H,6H2. The molecule has 2 aromatic rings. The predicted molar refractivity (Wildman–Crippen MR) is 40.0 cm³/mol. The maximum atomic E-state index is 12.1. The molecule has 0 N–H and O–H groups in total. The van der Waals surface area contributed by atoms with E-state index in [4.69, 9.17) is 0 Å². The van der Waals surface area contributed by atoms with Crippen molar-refractivity contribution in [2.75, 3.05) is 0 Å². The van der Waals surface area contributed by atoms with E-state index in [0.717, 1.165) is 5.52 Å². The fourth-order valence-corrected chi connectivity index (χ4v) is 1.06. The highest BCUT2D eigenvalue weighted by Crippen LogP contribution is 2.05. The molecule has 0 atom stereocenters. The monoisotopic (exact) mass is 150 g/mol. The van der Waals surface area contributed by atoms with E-state index in [1.54, 1.807) is 16.8 Å². The highest BCUT2D eigenvalue weighted by Gasteiger charge is 1.97. The summed E-state index contributed by atoms with van der Waals surface area (Å²) >= 11 is 0. The van der Waals surface area contributed by atoms with Crippen LogP contribution in [0.4, 0.5) is 4.39 Å². The van der Waals surface area contributed by atoms with Gasteiger partial charge in [0, 0.05) is 6.20 Å². The number of hydrogen-bond donors (Lipinski definition) is 0. The van der Waals surface area contributed by atoms with E-state index in [2.05, 4.69) is 5.10 Å². The summed E-state index contributed by atoms with van der Waals surface area (Å²) in [6.45, 7) is -0.498. The molecular weight excluding hydrogens is 143 g/mol. The molecule has 0 saturated heterocycles. The molecule has 0 aliphatic heterocycles. The topological polar surface area (TPSA) is 17.3 Å². The third kappa shape index (κ3) is 0.981. The average Bonchev–Trinajstić information content (AvgIpc) is 2.46. The van der Waals surface area contributed by atoms with Crippen LogP contribution in [-0.2, 0) is 6.67 Å². The highest BCUT2D eigenvalue weighted by molar-refractivity contribution is 5.46.